The van der Waals surface area contributed by atoms with E-state index in [-0.39, 0.29) is 23.7 Å². The van der Waals surface area contributed by atoms with Crippen LogP contribution in [0.2, 0.25) is 0 Å². The molecule has 0 aliphatic heterocycles. The number of carbonyl (C=O) groups excluding carboxylic acids is 2. The van der Waals surface area contributed by atoms with E-state index in [1.807, 2.05) is 51.1 Å². The van der Waals surface area contributed by atoms with Gasteiger partial charge < -0.3 is 20.1 Å². The van der Waals surface area contributed by atoms with Crippen LogP contribution in [0.15, 0.2) is 85.1 Å². The quantitative estimate of drug-likeness (QED) is 0.137. The normalized spacial score (nSPS) is 11.7. The summed E-state index contributed by atoms with van der Waals surface area (Å²) < 4.78 is 39.0. The molecular formula is C34H37N7O6S. The predicted octanol–water partition coefficient (Wildman–Crippen LogP) is 5.79. The van der Waals surface area contributed by atoms with Crippen LogP contribution in [0.25, 0.3) is 16.5 Å². The second-order valence-corrected chi connectivity index (χ2v) is 13.8. The molecule has 0 fully saturated rings. The number of ether oxygens (including phenoxy) is 2. The smallest absolute Gasteiger partial charge is 0.324 e. The van der Waals surface area contributed by atoms with Gasteiger partial charge in [-0.15, -0.1) is 0 Å². The number of fused-ring (bicyclic) bond motifs is 1. The number of carbonyl (C=O) groups is 2. The summed E-state index contributed by atoms with van der Waals surface area (Å²) >= 11 is 0. The summed E-state index contributed by atoms with van der Waals surface area (Å²) in [5.41, 5.74) is 2.26. The third-order valence-corrected chi connectivity index (χ3v) is 8.54. The number of hydrogen-bond donors (Lipinski definition) is 4. The monoisotopic (exact) mass is 671 g/mol. The maximum absolute atomic E-state index is 13.4. The molecule has 0 radical (unpaired) electrons. The fourth-order valence-corrected chi connectivity index (χ4v) is 5.55. The van der Waals surface area contributed by atoms with Crippen molar-refractivity contribution >= 4 is 50.1 Å². The third-order valence-electron chi connectivity index (χ3n) is 7.20. The Labute approximate surface area is 278 Å². The van der Waals surface area contributed by atoms with E-state index >= 15 is 0 Å². The molecule has 0 bridgehead atoms. The minimum Gasteiger partial charge on any atom is -0.457 e. The molecule has 2 aromatic heterocycles. The number of benzene rings is 3. The highest BCUT2D eigenvalue weighted by Crippen LogP contribution is 2.35. The molecule has 5 aromatic rings. The van der Waals surface area contributed by atoms with Gasteiger partial charge in [0, 0.05) is 41.6 Å². The average Bonchev–Trinajstić information content (AvgIpc) is 3.47. The molecule has 250 valence electrons. The van der Waals surface area contributed by atoms with Crippen LogP contribution in [0.5, 0.6) is 11.5 Å². The Balaban J connectivity index is 1.37. The highest BCUT2D eigenvalue weighted by Gasteiger charge is 2.22. The van der Waals surface area contributed by atoms with Crippen LogP contribution >= 0.6 is 0 Å². The van der Waals surface area contributed by atoms with Crippen molar-refractivity contribution in [2.24, 2.45) is 0 Å². The molecule has 0 saturated heterocycles. The van der Waals surface area contributed by atoms with E-state index in [4.69, 9.17) is 14.6 Å². The lowest BCUT2D eigenvalue weighted by Crippen LogP contribution is -2.21. The van der Waals surface area contributed by atoms with Crippen molar-refractivity contribution < 1.29 is 27.5 Å². The molecule has 3 amide bonds. The van der Waals surface area contributed by atoms with E-state index in [2.05, 4.69) is 25.7 Å². The van der Waals surface area contributed by atoms with Crippen LogP contribution in [0.1, 0.15) is 32.0 Å². The van der Waals surface area contributed by atoms with E-state index in [0.717, 1.165) is 16.5 Å². The van der Waals surface area contributed by atoms with E-state index in [0.29, 0.717) is 40.1 Å². The van der Waals surface area contributed by atoms with Gasteiger partial charge in [0.15, 0.2) is 0 Å². The van der Waals surface area contributed by atoms with Gasteiger partial charge in [0.1, 0.15) is 29.7 Å². The second-order valence-electron chi connectivity index (χ2n) is 11.9. The second kappa shape index (κ2) is 14.2. The van der Waals surface area contributed by atoms with Crippen LogP contribution in [0, 0.1) is 0 Å². The maximum atomic E-state index is 13.4. The molecular weight excluding hydrogens is 634 g/mol. The van der Waals surface area contributed by atoms with Gasteiger partial charge in [0.05, 0.1) is 22.8 Å². The number of methoxy groups -OCH3 is 1. The molecule has 14 heteroatoms. The Morgan fingerprint density at radius 3 is 2.31 bits per heavy atom. The summed E-state index contributed by atoms with van der Waals surface area (Å²) in [5, 5.41) is 14.8. The first-order valence-corrected chi connectivity index (χ1v) is 16.6. The van der Waals surface area contributed by atoms with Crippen molar-refractivity contribution in [3.63, 3.8) is 0 Å². The largest absolute Gasteiger partial charge is 0.457 e. The first kappa shape index (κ1) is 34.0. The fourth-order valence-electron chi connectivity index (χ4n) is 4.78. The van der Waals surface area contributed by atoms with Gasteiger partial charge in [0.25, 0.3) is 5.91 Å². The van der Waals surface area contributed by atoms with E-state index < -0.39 is 16.1 Å². The van der Waals surface area contributed by atoms with Crippen molar-refractivity contribution in [1.29, 1.82) is 0 Å². The third kappa shape index (κ3) is 8.34. The number of rotatable bonds is 11. The summed E-state index contributed by atoms with van der Waals surface area (Å²) in [7, 11) is -0.616. The van der Waals surface area contributed by atoms with Gasteiger partial charge in [-0.3, -0.25) is 10.1 Å². The molecule has 2 heterocycles. The highest BCUT2D eigenvalue weighted by molar-refractivity contribution is 7.88. The number of anilines is 3. The van der Waals surface area contributed by atoms with E-state index in [1.165, 1.54) is 20.4 Å². The van der Waals surface area contributed by atoms with Crippen molar-refractivity contribution in [1.82, 2.24) is 19.5 Å². The number of sulfonamides is 1. The SMILES string of the molecule is CNS(=O)(=O)Cc1ccc(-n2nc(C(C)(C)C)cc2NC(=O)Nc2ccc(Oc3ccnc(NC(=O)COC)c3)c3ccccc23)cc1. The van der Waals surface area contributed by atoms with Crippen molar-refractivity contribution in [2.45, 2.75) is 31.9 Å². The standard InChI is InChI=1S/C34H37N7O6S/c1-34(2,3)29-19-31(41(40-29)23-12-10-22(11-13-23)21-48(44,45)35-4)39-33(43)37-27-14-15-28(26-9-7-6-8-25(26)27)47-24-16-17-36-30(18-24)38-32(42)20-46-5/h6-19,35H,20-21H2,1-5H3,(H,36,38,42)(H2,37,39,43). The number of hydrogen-bond acceptors (Lipinski definition) is 8. The van der Waals surface area contributed by atoms with Crippen LogP contribution in [-0.4, -0.2) is 55.9 Å². The van der Waals surface area contributed by atoms with Crippen molar-refractivity contribution in [3.05, 3.63) is 96.3 Å². The van der Waals surface area contributed by atoms with Gasteiger partial charge in [0.2, 0.25) is 10.0 Å². The Hall–Kier alpha value is -5.31. The Morgan fingerprint density at radius 2 is 1.62 bits per heavy atom. The predicted molar refractivity (Wildman–Crippen MR) is 185 cm³/mol. The summed E-state index contributed by atoms with van der Waals surface area (Å²) in [4.78, 5) is 29.5. The molecule has 3 aromatic carbocycles. The number of nitrogens with zero attached hydrogens (tertiary/aromatic N) is 3. The maximum Gasteiger partial charge on any atom is 0.324 e. The summed E-state index contributed by atoms with van der Waals surface area (Å²) in [6, 6.07) is 22.5. The molecule has 0 saturated carbocycles. The molecule has 5 rings (SSSR count). The highest BCUT2D eigenvalue weighted by atomic mass is 32.2. The van der Waals surface area contributed by atoms with Gasteiger partial charge in [-0.2, -0.15) is 5.10 Å². The van der Waals surface area contributed by atoms with E-state index in [1.54, 1.807) is 53.2 Å². The zero-order valence-electron chi connectivity index (χ0n) is 27.2. The molecule has 4 N–H and O–H groups in total. The van der Waals surface area contributed by atoms with Gasteiger partial charge in [-0.05, 0) is 42.9 Å². The van der Waals surface area contributed by atoms with Gasteiger partial charge >= 0.3 is 6.03 Å². The number of pyridine rings is 1. The molecule has 13 nitrogen and oxygen atoms in total. The molecule has 48 heavy (non-hydrogen) atoms. The molecule has 0 atom stereocenters. The minimum atomic E-state index is -3.43. The zero-order chi connectivity index (χ0) is 34.5. The first-order chi connectivity index (χ1) is 22.8. The molecule has 0 aliphatic carbocycles. The summed E-state index contributed by atoms with van der Waals surface area (Å²) in [5.74, 6) is 1.26. The zero-order valence-corrected chi connectivity index (χ0v) is 28.0. The lowest BCUT2D eigenvalue weighted by atomic mass is 9.92. The van der Waals surface area contributed by atoms with Crippen LogP contribution in [0.3, 0.4) is 0 Å². The van der Waals surface area contributed by atoms with Crippen LogP contribution in [-0.2, 0) is 30.7 Å². The van der Waals surface area contributed by atoms with E-state index in [9.17, 15) is 18.0 Å². The van der Waals surface area contributed by atoms with Crippen LogP contribution < -0.4 is 25.4 Å². The Morgan fingerprint density at radius 1 is 0.896 bits per heavy atom. The molecule has 0 spiro atoms. The minimum absolute atomic E-state index is 0.0991. The lowest BCUT2D eigenvalue weighted by Gasteiger charge is -2.15. The Kier molecular flexibility index (Phi) is 10.1. The molecule has 0 unspecified atom stereocenters. The average molecular weight is 672 g/mol. The number of aromatic nitrogens is 3. The Bertz CT molecular complexity index is 2050. The van der Waals surface area contributed by atoms with Gasteiger partial charge in [-0.1, -0.05) is 57.2 Å². The summed E-state index contributed by atoms with van der Waals surface area (Å²) in [6.45, 7) is 5.97. The van der Waals surface area contributed by atoms with Crippen LogP contribution in [0.4, 0.5) is 22.1 Å². The first-order valence-electron chi connectivity index (χ1n) is 15.0. The molecule has 0 aliphatic rings. The number of nitrogens with one attached hydrogen (secondary N) is 4. The fraction of sp³-hybridized carbons (Fsp3) is 0.235. The van der Waals surface area contributed by atoms with Gasteiger partial charge in [-0.25, -0.2) is 27.6 Å². The van der Waals surface area contributed by atoms with Crippen molar-refractivity contribution in [3.8, 4) is 17.2 Å². The number of amides is 3. The lowest BCUT2D eigenvalue weighted by molar-refractivity contribution is -0.119. The number of urea groups is 1. The topological polar surface area (TPSA) is 166 Å². The van der Waals surface area contributed by atoms with Crippen molar-refractivity contribution in [2.75, 3.05) is 36.7 Å². The summed E-state index contributed by atoms with van der Waals surface area (Å²) in [6.07, 6.45) is 1.53.